The summed E-state index contributed by atoms with van der Waals surface area (Å²) in [7, 11) is -4.09. The highest BCUT2D eigenvalue weighted by atomic mass is 28.4. The lowest BCUT2D eigenvalue weighted by Crippen LogP contribution is -2.42. The average molecular weight is 459 g/mol. The van der Waals surface area contributed by atoms with E-state index in [0.717, 1.165) is 18.1 Å². The molecule has 0 aliphatic carbocycles. The largest absolute Gasteiger partial charge is 0.395 e. The fraction of sp³-hybridized carbons (Fsp3) is 0.909. The van der Waals surface area contributed by atoms with Crippen molar-refractivity contribution in [2.75, 3.05) is 26.4 Å². The third-order valence-electron chi connectivity index (χ3n) is 4.68. The molecule has 0 aromatic heterocycles. The summed E-state index contributed by atoms with van der Waals surface area (Å²) in [5.74, 6) is 0. The fourth-order valence-electron chi connectivity index (χ4n) is 3.31. The van der Waals surface area contributed by atoms with Gasteiger partial charge in [-0.2, -0.15) is 10.5 Å². The first-order chi connectivity index (χ1) is 14.4. The second kappa shape index (κ2) is 21.5. The van der Waals surface area contributed by atoms with E-state index < -0.39 is 17.1 Å². The summed E-state index contributed by atoms with van der Waals surface area (Å²) in [5, 5.41) is 17.2. The van der Waals surface area contributed by atoms with E-state index in [-0.39, 0.29) is 0 Å². The molecule has 0 heterocycles. The summed E-state index contributed by atoms with van der Waals surface area (Å²) in [6.45, 7) is 14.9. The van der Waals surface area contributed by atoms with E-state index in [1.54, 1.807) is 0 Å². The molecule has 176 valence electrons. The molecule has 8 heteroatoms. The Kier molecular flexibility index (Phi) is 22.5. The maximum atomic E-state index is 8.77. The number of nitrogens with zero attached hydrogens (tertiary/aromatic N) is 2. The minimum Gasteiger partial charge on any atom is -0.395 e. The van der Waals surface area contributed by atoms with Crippen LogP contribution in [0.25, 0.3) is 0 Å². The normalized spacial score (nSPS) is 11.3. The van der Waals surface area contributed by atoms with Crippen molar-refractivity contribution in [3.8, 4) is 12.1 Å². The predicted molar refractivity (Wildman–Crippen MR) is 128 cm³/mol. The van der Waals surface area contributed by atoms with Crippen molar-refractivity contribution in [2.24, 2.45) is 0 Å². The van der Waals surface area contributed by atoms with Gasteiger partial charge < -0.3 is 17.7 Å². The van der Waals surface area contributed by atoms with Gasteiger partial charge in [-0.25, -0.2) is 0 Å². The molecule has 0 unspecified atom stereocenters. The van der Waals surface area contributed by atoms with Crippen LogP contribution in [-0.2, 0) is 17.7 Å². The first-order valence-corrected chi connectivity index (χ1v) is 16.5. The minimum atomic E-state index is -2.10. The maximum absolute atomic E-state index is 8.77. The van der Waals surface area contributed by atoms with Gasteiger partial charge in [-0.3, -0.25) is 0 Å². The van der Waals surface area contributed by atoms with Crippen molar-refractivity contribution < 1.29 is 17.7 Å². The zero-order valence-electron chi connectivity index (χ0n) is 20.4. The number of hydrogen-bond acceptors (Lipinski definition) is 6. The van der Waals surface area contributed by atoms with Crippen LogP contribution in [0.3, 0.4) is 0 Å². The molecule has 0 spiro atoms. The Bertz CT molecular complexity index is 455. The summed E-state index contributed by atoms with van der Waals surface area (Å²) in [5.41, 5.74) is 0. The SMILES string of the molecule is CCCCCCC[Si](CCC#N)(OCC)OCC.CCO[Si](C)(CCC#N)OCC. The van der Waals surface area contributed by atoms with Gasteiger partial charge in [0.2, 0.25) is 0 Å². The molecule has 0 N–H and O–H groups in total. The highest BCUT2D eigenvalue weighted by Gasteiger charge is 2.35. The van der Waals surface area contributed by atoms with E-state index >= 15 is 0 Å². The molecule has 0 fully saturated rings. The molecule has 0 aliphatic rings. The second-order valence-corrected chi connectivity index (χ2v) is 14.0. The van der Waals surface area contributed by atoms with Crippen molar-refractivity contribution in [1.29, 1.82) is 10.5 Å². The smallest absolute Gasteiger partial charge is 0.339 e. The molecule has 0 bridgehead atoms. The van der Waals surface area contributed by atoms with Gasteiger partial charge in [0.1, 0.15) is 0 Å². The third kappa shape index (κ3) is 17.0. The van der Waals surface area contributed by atoms with Gasteiger partial charge in [0.25, 0.3) is 0 Å². The lowest BCUT2D eigenvalue weighted by molar-refractivity contribution is 0.181. The van der Waals surface area contributed by atoms with Crippen LogP contribution in [-0.4, -0.2) is 43.5 Å². The third-order valence-corrected chi connectivity index (χ3v) is 11.4. The molecule has 30 heavy (non-hydrogen) atoms. The summed E-state index contributed by atoms with van der Waals surface area (Å²) in [6, 6.07) is 6.97. The topological polar surface area (TPSA) is 84.5 Å². The Morgan fingerprint density at radius 2 is 1.07 bits per heavy atom. The Hall–Kier alpha value is -0.746. The molecule has 0 aromatic carbocycles. The van der Waals surface area contributed by atoms with E-state index in [0.29, 0.717) is 39.3 Å². The molecule has 0 saturated carbocycles. The van der Waals surface area contributed by atoms with Crippen molar-refractivity contribution in [1.82, 2.24) is 0 Å². The number of rotatable bonds is 18. The first kappa shape index (κ1) is 31.4. The van der Waals surface area contributed by atoms with E-state index in [1.165, 1.54) is 32.1 Å². The molecule has 0 saturated heterocycles. The fourth-order valence-corrected chi connectivity index (χ4v) is 8.71. The van der Waals surface area contributed by atoms with Crippen LogP contribution >= 0.6 is 0 Å². The quantitative estimate of drug-likeness (QED) is 0.174. The summed E-state index contributed by atoms with van der Waals surface area (Å²) >= 11 is 0. The van der Waals surface area contributed by atoms with E-state index in [1.807, 2.05) is 34.2 Å². The van der Waals surface area contributed by atoms with Gasteiger partial charge in [-0.05, 0) is 40.3 Å². The highest BCUT2D eigenvalue weighted by molar-refractivity contribution is 6.67. The number of hydrogen-bond donors (Lipinski definition) is 0. The van der Waals surface area contributed by atoms with Crippen LogP contribution in [0, 0.1) is 22.7 Å². The Labute approximate surface area is 188 Å². The van der Waals surface area contributed by atoms with Gasteiger partial charge in [0.15, 0.2) is 0 Å². The van der Waals surface area contributed by atoms with Crippen LogP contribution in [0.15, 0.2) is 0 Å². The highest BCUT2D eigenvalue weighted by Crippen LogP contribution is 2.24. The molecule has 6 nitrogen and oxygen atoms in total. The standard InChI is InChI=1S/C14H29NO2Si.C8H17NO2Si/c1-4-7-8-9-10-13-18(16-5-2,17-6-3)14-11-12-15;1-4-10-12(3,11-5-2)8-6-7-9/h4-11,13-14H2,1-3H3;4-6,8H2,1-3H3. The Balaban J connectivity index is 0. The molecular weight excluding hydrogens is 412 g/mol. The lowest BCUT2D eigenvalue weighted by Gasteiger charge is -2.29. The zero-order chi connectivity index (χ0) is 23.1. The van der Waals surface area contributed by atoms with E-state index in [9.17, 15) is 0 Å². The molecule has 0 atom stereocenters. The molecule has 0 aliphatic heterocycles. The maximum Gasteiger partial charge on any atom is 0.339 e. The van der Waals surface area contributed by atoms with Crippen LogP contribution < -0.4 is 0 Å². The van der Waals surface area contributed by atoms with Gasteiger partial charge in [-0.1, -0.05) is 39.0 Å². The molecular formula is C22H46N2O4Si2. The van der Waals surface area contributed by atoms with Crippen molar-refractivity contribution in [3.63, 3.8) is 0 Å². The summed E-state index contributed by atoms with van der Waals surface area (Å²) in [4.78, 5) is 0. The summed E-state index contributed by atoms with van der Waals surface area (Å²) < 4.78 is 23.0. The molecule has 0 aromatic rings. The van der Waals surface area contributed by atoms with Crippen LogP contribution in [0.1, 0.15) is 79.6 Å². The molecule has 0 radical (unpaired) electrons. The van der Waals surface area contributed by atoms with Crippen molar-refractivity contribution in [2.45, 2.75) is 104 Å². The van der Waals surface area contributed by atoms with Crippen molar-refractivity contribution in [3.05, 3.63) is 0 Å². The first-order valence-electron chi connectivity index (χ1n) is 11.7. The minimum absolute atomic E-state index is 0.530. The number of unbranched alkanes of at least 4 members (excludes halogenated alkanes) is 4. The molecule has 0 rings (SSSR count). The predicted octanol–water partition coefficient (Wildman–Crippen LogP) is 6.43. The monoisotopic (exact) mass is 458 g/mol. The zero-order valence-corrected chi connectivity index (χ0v) is 22.4. The van der Waals surface area contributed by atoms with Crippen LogP contribution in [0.4, 0.5) is 0 Å². The Morgan fingerprint density at radius 1 is 0.600 bits per heavy atom. The number of nitriles is 2. The van der Waals surface area contributed by atoms with Gasteiger partial charge >= 0.3 is 17.1 Å². The van der Waals surface area contributed by atoms with Crippen LogP contribution in [0.5, 0.6) is 0 Å². The Morgan fingerprint density at radius 3 is 1.50 bits per heavy atom. The lowest BCUT2D eigenvalue weighted by atomic mass is 10.2. The van der Waals surface area contributed by atoms with E-state index in [4.69, 9.17) is 28.2 Å². The van der Waals surface area contributed by atoms with E-state index in [2.05, 4.69) is 19.1 Å². The van der Waals surface area contributed by atoms with Gasteiger partial charge in [0.05, 0.1) is 12.1 Å². The van der Waals surface area contributed by atoms with Gasteiger partial charge in [-0.15, -0.1) is 0 Å². The summed E-state index contributed by atoms with van der Waals surface area (Å²) in [6.07, 6.45) is 7.41. The van der Waals surface area contributed by atoms with Crippen LogP contribution in [0.2, 0.25) is 24.7 Å². The van der Waals surface area contributed by atoms with Crippen molar-refractivity contribution >= 4 is 17.1 Å². The molecule has 0 amide bonds. The average Bonchev–Trinajstić information content (AvgIpc) is 2.72. The second-order valence-electron chi connectivity index (χ2n) is 7.26. The van der Waals surface area contributed by atoms with Gasteiger partial charge in [0, 0.05) is 51.4 Å².